The summed E-state index contributed by atoms with van der Waals surface area (Å²) in [5.41, 5.74) is 0.572. The number of hydrogen-bond acceptors (Lipinski definition) is 4. The Hall–Kier alpha value is -2.60. The predicted octanol–water partition coefficient (Wildman–Crippen LogP) is 2.74. The van der Waals surface area contributed by atoms with E-state index in [-0.39, 0.29) is 24.8 Å². The van der Waals surface area contributed by atoms with Gasteiger partial charge in [0.2, 0.25) is 11.8 Å². The first kappa shape index (κ1) is 16.3. The number of hydrogen-bond donors (Lipinski definition) is 1. The van der Waals surface area contributed by atoms with Crippen LogP contribution >= 0.6 is 11.6 Å². The molecule has 0 spiro atoms. The zero-order chi connectivity index (χ0) is 17.1. The molecule has 1 atom stereocenters. The lowest BCUT2D eigenvalue weighted by Crippen LogP contribution is -2.28. The molecular formula is C17H16ClN3O3. The number of anilines is 2. The molecule has 0 unspecified atom stereocenters. The smallest absolute Gasteiger partial charge is 0.230 e. The molecule has 1 fully saturated rings. The Kier molecular flexibility index (Phi) is 4.66. The normalized spacial score (nSPS) is 17.0. The first-order valence-electron chi connectivity index (χ1n) is 7.44. The van der Waals surface area contributed by atoms with Gasteiger partial charge in [0, 0.05) is 24.2 Å². The van der Waals surface area contributed by atoms with E-state index < -0.39 is 5.92 Å². The van der Waals surface area contributed by atoms with Gasteiger partial charge in [-0.05, 0) is 30.3 Å². The molecule has 1 aliphatic rings. The zero-order valence-electron chi connectivity index (χ0n) is 13.0. The minimum Gasteiger partial charge on any atom is -0.495 e. The van der Waals surface area contributed by atoms with Crippen LogP contribution < -0.4 is 15.0 Å². The Morgan fingerprint density at radius 2 is 2.21 bits per heavy atom. The average Bonchev–Trinajstić information content (AvgIpc) is 2.97. The fraction of sp³-hybridized carbons (Fsp3) is 0.235. The van der Waals surface area contributed by atoms with Gasteiger partial charge < -0.3 is 15.0 Å². The van der Waals surface area contributed by atoms with Gasteiger partial charge in [-0.25, -0.2) is 4.98 Å². The molecule has 2 amide bonds. The second-order valence-corrected chi connectivity index (χ2v) is 5.86. The van der Waals surface area contributed by atoms with Gasteiger partial charge in [0.25, 0.3) is 0 Å². The molecule has 1 aromatic heterocycles. The van der Waals surface area contributed by atoms with Crippen LogP contribution in [0.25, 0.3) is 0 Å². The summed E-state index contributed by atoms with van der Waals surface area (Å²) in [7, 11) is 1.53. The minimum atomic E-state index is -0.455. The quantitative estimate of drug-likeness (QED) is 0.924. The fourth-order valence-electron chi connectivity index (χ4n) is 2.66. The number of ether oxygens (including phenoxy) is 1. The number of aromatic nitrogens is 1. The molecule has 0 bridgehead atoms. The van der Waals surface area contributed by atoms with Crippen molar-refractivity contribution in [3.63, 3.8) is 0 Å². The maximum Gasteiger partial charge on any atom is 0.230 e. The van der Waals surface area contributed by atoms with E-state index in [1.165, 1.54) is 12.0 Å². The molecule has 1 aromatic carbocycles. The van der Waals surface area contributed by atoms with E-state index in [1.807, 2.05) is 0 Å². The lowest BCUT2D eigenvalue weighted by atomic mass is 10.1. The molecule has 3 rings (SSSR count). The molecule has 1 N–H and O–H groups in total. The lowest BCUT2D eigenvalue weighted by Gasteiger charge is -2.19. The van der Waals surface area contributed by atoms with E-state index in [0.717, 1.165) is 0 Å². The van der Waals surface area contributed by atoms with Crippen molar-refractivity contribution in [1.82, 2.24) is 4.98 Å². The first-order valence-corrected chi connectivity index (χ1v) is 7.82. The second kappa shape index (κ2) is 6.88. The monoisotopic (exact) mass is 345 g/mol. The number of halogens is 1. The number of pyridine rings is 1. The Balaban J connectivity index is 1.76. The summed E-state index contributed by atoms with van der Waals surface area (Å²) in [4.78, 5) is 30.3. The van der Waals surface area contributed by atoms with Crippen LogP contribution in [0.3, 0.4) is 0 Å². The number of nitrogens with one attached hydrogen (secondary N) is 1. The Morgan fingerprint density at radius 3 is 2.92 bits per heavy atom. The highest BCUT2D eigenvalue weighted by Gasteiger charge is 2.36. The predicted molar refractivity (Wildman–Crippen MR) is 91.3 cm³/mol. The maximum atomic E-state index is 12.4. The molecule has 2 heterocycles. The average molecular weight is 346 g/mol. The van der Waals surface area contributed by atoms with E-state index in [9.17, 15) is 9.59 Å². The van der Waals surface area contributed by atoms with E-state index in [2.05, 4.69) is 10.3 Å². The van der Waals surface area contributed by atoms with Crippen LogP contribution in [0.2, 0.25) is 5.02 Å². The summed E-state index contributed by atoms with van der Waals surface area (Å²) in [6, 6.07) is 10.3. The summed E-state index contributed by atoms with van der Waals surface area (Å²) in [5.74, 6) is 0.178. The molecule has 0 radical (unpaired) electrons. The number of amides is 2. The second-order valence-electron chi connectivity index (χ2n) is 5.43. The van der Waals surface area contributed by atoms with Crippen molar-refractivity contribution in [2.45, 2.75) is 6.42 Å². The van der Waals surface area contributed by atoms with Crippen LogP contribution in [0.4, 0.5) is 11.5 Å². The van der Waals surface area contributed by atoms with Crippen LogP contribution in [0.1, 0.15) is 6.42 Å². The van der Waals surface area contributed by atoms with Gasteiger partial charge >= 0.3 is 0 Å². The highest BCUT2D eigenvalue weighted by Crippen LogP contribution is 2.35. The van der Waals surface area contributed by atoms with Crippen LogP contribution in [0.5, 0.6) is 5.75 Å². The van der Waals surface area contributed by atoms with Crippen molar-refractivity contribution >= 4 is 34.9 Å². The van der Waals surface area contributed by atoms with Gasteiger partial charge in [0.05, 0.1) is 18.7 Å². The van der Waals surface area contributed by atoms with Gasteiger partial charge in [-0.2, -0.15) is 0 Å². The third-order valence-electron chi connectivity index (χ3n) is 3.84. The van der Waals surface area contributed by atoms with Gasteiger partial charge in [-0.1, -0.05) is 17.7 Å². The summed E-state index contributed by atoms with van der Waals surface area (Å²) >= 11 is 6.03. The van der Waals surface area contributed by atoms with Crippen LogP contribution in [0, 0.1) is 5.92 Å². The largest absolute Gasteiger partial charge is 0.495 e. The molecule has 0 aliphatic carbocycles. The fourth-order valence-corrected chi connectivity index (χ4v) is 2.82. The number of carbonyl (C=O) groups excluding carboxylic acids is 2. The molecule has 1 saturated heterocycles. The minimum absolute atomic E-state index is 0.133. The summed E-state index contributed by atoms with van der Waals surface area (Å²) in [6.07, 6.45) is 1.73. The van der Waals surface area contributed by atoms with E-state index >= 15 is 0 Å². The highest BCUT2D eigenvalue weighted by atomic mass is 35.5. The molecule has 24 heavy (non-hydrogen) atoms. The summed E-state index contributed by atoms with van der Waals surface area (Å²) in [6.45, 7) is 0.272. The number of benzene rings is 1. The van der Waals surface area contributed by atoms with Crippen LogP contribution in [-0.2, 0) is 9.59 Å². The third kappa shape index (κ3) is 3.33. The van der Waals surface area contributed by atoms with Gasteiger partial charge in [-0.15, -0.1) is 0 Å². The molecular weight excluding hydrogens is 330 g/mol. The Labute approximate surface area is 144 Å². The molecule has 7 heteroatoms. The molecule has 0 saturated carbocycles. The highest BCUT2D eigenvalue weighted by molar-refractivity contribution is 6.31. The van der Waals surface area contributed by atoms with E-state index in [1.54, 1.807) is 42.6 Å². The molecule has 1 aliphatic heterocycles. The summed E-state index contributed by atoms with van der Waals surface area (Å²) < 4.78 is 5.29. The summed E-state index contributed by atoms with van der Waals surface area (Å²) in [5, 5.41) is 3.23. The molecule has 2 aromatic rings. The van der Waals surface area contributed by atoms with Crippen LogP contribution in [0.15, 0.2) is 42.6 Å². The van der Waals surface area contributed by atoms with Crippen molar-refractivity contribution in [3.05, 3.63) is 47.6 Å². The molecule has 6 nitrogen and oxygen atoms in total. The van der Waals surface area contributed by atoms with E-state index in [0.29, 0.717) is 22.3 Å². The zero-order valence-corrected chi connectivity index (χ0v) is 13.8. The van der Waals surface area contributed by atoms with Crippen molar-refractivity contribution in [2.24, 2.45) is 5.92 Å². The topological polar surface area (TPSA) is 71.5 Å². The van der Waals surface area contributed by atoms with Crippen molar-refractivity contribution in [1.29, 1.82) is 0 Å². The number of rotatable bonds is 4. The van der Waals surface area contributed by atoms with Crippen LogP contribution in [-0.4, -0.2) is 30.5 Å². The van der Waals surface area contributed by atoms with Crippen molar-refractivity contribution in [3.8, 4) is 5.75 Å². The third-order valence-corrected chi connectivity index (χ3v) is 4.08. The first-order chi connectivity index (χ1) is 11.6. The van der Waals surface area contributed by atoms with Gasteiger partial charge in [0.15, 0.2) is 0 Å². The standard InChI is InChI=1S/C17H16ClN3O3/c1-24-14-6-5-12(18)9-13(14)21-10-11(8-16(21)22)17(23)20-15-4-2-3-7-19-15/h2-7,9,11H,8,10H2,1H3,(H,19,20,23)/t11-/m0/s1. The van der Waals surface area contributed by atoms with E-state index in [4.69, 9.17) is 16.3 Å². The van der Waals surface area contributed by atoms with Crippen molar-refractivity contribution < 1.29 is 14.3 Å². The number of carbonyl (C=O) groups is 2. The van der Waals surface area contributed by atoms with Gasteiger partial charge in [-0.3, -0.25) is 9.59 Å². The SMILES string of the molecule is COc1ccc(Cl)cc1N1C[C@@H](C(=O)Nc2ccccn2)CC1=O. The lowest BCUT2D eigenvalue weighted by molar-refractivity contribution is -0.122. The van der Waals surface area contributed by atoms with Crippen molar-refractivity contribution in [2.75, 3.05) is 23.9 Å². The van der Waals surface area contributed by atoms with Gasteiger partial charge in [0.1, 0.15) is 11.6 Å². The maximum absolute atomic E-state index is 12.4. The number of methoxy groups -OCH3 is 1. The Bertz CT molecular complexity index is 767. The Morgan fingerprint density at radius 1 is 1.38 bits per heavy atom. The number of nitrogens with zero attached hydrogens (tertiary/aromatic N) is 2. The molecule has 124 valence electrons.